The van der Waals surface area contributed by atoms with E-state index in [1.165, 1.54) is 32.1 Å². The fourth-order valence-electron chi connectivity index (χ4n) is 2.70. The van der Waals surface area contributed by atoms with E-state index in [2.05, 4.69) is 25.8 Å². The van der Waals surface area contributed by atoms with E-state index in [9.17, 15) is 5.11 Å². The molecule has 0 saturated heterocycles. The van der Waals surface area contributed by atoms with Crippen LogP contribution in [0.3, 0.4) is 0 Å². The summed E-state index contributed by atoms with van der Waals surface area (Å²) in [5.41, 5.74) is 0. The fourth-order valence-corrected chi connectivity index (χ4v) is 2.70. The van der Waals surface area contributed by atoms with Crippen LogP contribution in [0.1, 0.15) is 52.4 Å². The van der Waals surface area contributed by atoms with Crippen LogP contribution in [0.4, 0.5) is 0 Å². The lowest BCUT2D eigenvalue weighted by molar-refractivity contribution is 0.0110. The topological polar surface area (TPSA) is 23.5 Å². The van der Waals surface area contributed by atoms with Crippen LogP contribution < -0.4 is 0 Å². The van der Waals surface area contributed by atoms with E-state index in [0.29, 0.717) is 12.1 Å². The molecule has 1 aliphatic carbocycles. The van der Waals surface area contributed by atoms with Gasteiger partial charge in [-0.3, -0.25) is 4.90 Å². The summed E-state index contributed by atoms with van der Waals surface area (Å²) in [7, 11) is 2.18. The van der Waals surface area contributed by atoms with Crippen LogP contribution in [-0.4, -0.2) is 35.2 Å². The number of hydrogen-bond acceptors (Lipinski definition) is 2. The first-order valence-corrected chi connectivity index (χ1v) is 6.10. The Balaban J connectivity index is 2.52. The van der Waals surface area contributed by atoms with E-state index in [1.54, 1.807) is 0 Å². The molecule has 0 aromatic carbocycles. The molecule has 2 nitrogen and oxygen atoms in total. The summed E-state index contributed by atoms with van der Waals surface area (Å²) in [6.45, 7) is 4.47. The molecule has 84 valence electrons. The molecule has 0 aliphatic heterocycles. The number of likely N-dealkylation sites (N-methyl/N-ethyl adjacent to an activating group) is 1. The van der Waals surface area contributed by atoms with Gasteiger partial charge in [-0.15, -0.1) is 0 Å². The van der Waals surface area contributed by atoms with Crippen molar-refractivity contribution in [1.29, 1.82) is 0 Å². The molecule has 0 aromatic rings. The second kappa shape index (κ2) is 5.72. The van der Waals surface area contributed by atoms with Crippen molar-refractivity contribution in [2.45, 2.75) is 70.6 Å². The van der Waals surface area contributed by atoms with Gasteiger partial charge in [0, 0.05) is 12.1 Å². The largest absolute Gasteiger partial charge is 0.391 e. The van der Waals surface area contributed by atoms with Gasteiger partial charge < -0.3 is 5.11 Å². The quantitative estimate of drug-likeness (QED) is 0.751. The maximum Gasteiger partial charge on any atom is 0.0695 e. The lowest BCUT2D eigenvalue weighted by Gasteiger charge is -2.39. The number of hydrogen-bond donors (Lipinski definition) is 1. The highest BCUT2D eigenvalue weighted by Gasteiger charge is 2.29. The van der Waals surface area contributed by atoms with E-state index in [-0.39, 0.29) is 6.10 Å². The van der Waals surface area contributed by atoms with Crippen LogP contribution in [0.5, 0.6) is 0 Å². The number of aliphatic hydroxyl groups excluding tert-OH is 1. The third-order valence-corrected chi connectivity index (χ3v) is 3.74. The first kappa shape index (κ1) is 12.0. The summed E-state index contributed by atoms with van der Waals surface area (Å²) in [5.74, 6) is 0. The Morgan fingerprint density at radius 2 is 1.79 bits per heavy atom. The van der Waals surface area contributed by atoms with Gasteiger partial charge in [0.1, 0.15) is 0 Å². The van der Waals surface area contributed by atoms with Gasteiger partial charge in [0.15, 0.2) is 0 Å². The van der Waals surface area contributed by atoms with Crippen molar-refractivity contribution in [3.8, 4) is 0 Å². The van der Waals surface area contributed by atoms with Gasteiger partial charge in [-0.1, -0.05) is 26.7 Å². The summed E-state index contributed by atoms with van der Waals surface area (Å²) in [4.78, 5) is 2.41. The number of nitrogens with zero attached hydrogens (tertiary/aromatic N) is 1. The Morgan fingerprint density at radius 1 is 1.21 bits per heavy atom. The van der Waals surface area contributed by atoms with Crippen LogP contribution in [-0.2, 0) is 0 Å². The van der Waals surface area contributed by atoms with E-state index in [0.717, 1.165) is 6.42 Å². The Labute approximate surface area is 88.3 Å². The number of rotatable bonds is 4. The lowest BCUT2D eigenvalue weighted by Crippen LogP contribution is -2.47. The Kier molecular flexibility index (Phi) is 4.90. The van der Waals surface area contributed by atoms with Crippen LogP contribution in [0.15, 0.2) is 0 Å². The van der Waals surface area contributed by atoms with Gasteiger partial charge >= 0.3 is 0 Å². The minimum Gasteiger partial charge on any atom is -0.391 e. The van der Waals surface area contributed by atoms with Crippen molar-refractivity contribution in [1.82, 2.24) is 4.90 Å². The molecule has 0 spiro atoms. The average Bonchev–Trinajstić information content (AvgIpc) is 2.20. The molecule has 1 fully saturated rings. The van der Waals surface area contributed by atoms with Gasteiger partial charge in [-0.25, -0.2) is 0 Å². The van der Waals surface area contributed by atoms with Crippen LogP contribution in [0.2, 0.25) is 0 Å². The monoisotopic (exact) mass is 199 g/mol. The maximum absolute atomic E-state index is 9.94. The zero-order chi connectivity index (χ0) is 10.6. The predicted molar refractivity (Wildman–Crippen MR) is 60.4 cm³/mol. The zero-order valence-corrected chi connectivity index (χ0v) is 9.87. The molecule has 2 heteroatoms. The summed E-state index contributed by atoms with van der Waals surface area (Å²) >= 11 is 0. The first-order chi connectivity index (χ1) is 6.70. The molecule has 1 N–H and O–H groups in total. The molecule has 14 heavy (non-hydrogen) atoms. The molecular formula is C12H25NO. The molecule has 0 amide bonds. The summed E-state index contributed by atoms with van der Waals surface area (Å²) in [6.07, 6.45) is 6.95. The molecule has 2 unspecified atom stereocenters. The SMILES string of the molecule is CCC(CC)N(C)C1CCCCC1O. The lowest BCUT2D eigenvalue weighted by atomic mass is 9.90. The summed E-state index contributed by atoms with van der Waals surface area (Å²) in [5, 5.41) is 9.94. The molecule has 0 aromatic heterocycles. The second-order valence-corrected chi connectivity index (χ2v) is 4.55. The molecule has 1 aliphatic rings. The van der Waals surface area contributed by atoms with E-state index in [4.69, 9.17) is 0 Å². The third-order valence-electron chi connectivity index (χ3n) is 3.74. The van der Waals surface area contributed by atoms with Crippen molar-refractivity contribution < 1.29 is 5.11 Å². The minimum atomic E-state index is -0.0886. The van der Waals surface area contributed by atoms with Crippen LogP contribution in [0, 0.1) is 0 Å². The van der Waals surface area contributed by atoms with Gasteiger partial charge in [-0.05, 0) is 32.7 Å². The van der Waals surface area contributed by atoms with Crippen molar-refractivity contribution >= 4 is 0 Å². The zero-order valence-electron chi connectivity index (χ0n) is 9.87. The van der Waals surface area contributed by atoms with Crippen LogP contribution in [0.25, 0.3) is 0 Å². The molecule has 0 bridgehead atoms. The minimum absolute atomic E-state index is 0.0886. The van der Waals surface area contributed by atoms with Crippen LogP contribution >= 0.6 is 0 Å². The summed E-state index contributed by atoms with van der Waals surface area (Å²) < 4.78 is 0. The van der Waals surface area contributed by atoms with Gasteiger partial charge in [0.05, 0.1) is 6.10 Å². The Hall–Kier alpha value is -0.0800. The highest BCUT2D eigenvalue weighted by molar-refractivity contribution is 4.84. The van der Waals surface area contributed by atoms with Gasteiger partial charge in [-0.2, -0.15) is 0 Å². The van der Waals surface area contributed by atoms with E-state index >= 15 is 0 Å². The normalized spacial score (nSPS) is 28.7. The molecular weight excluding hydrogens is 174 g/mol. The van der Waals surface area contributed by atoms with Crippen molar-refractivity contribution in [2.75, 3.05) is 7.05 Å². The predicted octanol–water partition coefficient (Wildman–Crippen LogP) is 2.41. The fraction of sp³-hybridized carbons (Fsp3) is 1.00. The molecule has 0 radical (unpaired) electrons. The standard InChI is InChI=1S/C12H25NO/c1-4-10(5-2)13(3)11-8-6-7-9-12(11)14/h10-12,14H,4-9H2,1-3H3. The van der Waals surface area contributed by atoms with Crippen molar-refractivity contribution in [3.63, 3.8) is 0 Å². The van der Waals surface area contributed by atoms with Gasteiger partial charge in [0.2, 0.25) is 0 Å². The maximum atomic E-state index is 9.94. The van der Waals surface area contributed by atoms with E-state index < -0.39 is 0 Å². The highest BCUT2D eigenvalue weighted by Crippen LogP contribution is 2.25. The average molecular weight is 199 g/mol. The van der Waals surface area contributed by atoms with Gasteiger partial charge in [0.25, 0.3) is 0 Å². The molecule has 2 atom stereocenters. The number of aliphatic hydroxyl groups is 1. The Bertz CT molecular complexity index is 156. The highest BCUT2D eigenvalue weighted by atomic mass is 16.3. The van der Waals surface area contributed by atoms with Crippen molar-refractivity contribution in [3.05, 3.63) is 0 Å². The first-order valence-electron chi connectivity index (χ1n) is 6.10. The molecule has 1 rings (SSSR count). The third kappa shape index (κ3) is 2.71. The van der Waals surface area contributed by atoms with Crippen molar-refractivity contribution in [2.24, 2.45) is 0 Å². The summed E-state index contributed by atoms with van der Waals surface area (Å²) in [6, 6.07) is 1.06. The van der Waals surface area contributed by atoms with E-state index in [1.807, 2.05) is 0 Å². The smallest absolute Gasteiger partial charge is 0.0695 e. The molecule has 1 saturated carbocycles. The second-order valence-electron chi connectivity index (χ2n) is 4.55. The Morgan fingerprint density at radius 3 is 2.29 bits per heavy atom. The molecule has 0 heterocycles.